The second kappa shape index (κ2) is 8.92. The molecular formula is C23H30O. The van der Waals surface area contributed by atoms with Gasteiger partial charge in [0, 0.05) is 5.56 Å². The highest BCUT2D eigenvalue weighted by Gasteiger charge is 2.18. The predicted molar refractivity (Wildman–Crippen MR) is 103 cm³/mol. The average molecular weight is 322 g/mol. The van der Waals surface area contributed by atoms with E-state index in [1.54, 1.807) is 0 Å². The van der Waals surface area contributed by atoms with E-state index in [4.69, 9.17) is 4.74 Å². The van der Waals surface area contributed by atoms with E-state index in [0.717, 1.165) is 25.2 Å². The van der Waals surface area contributed by atoms with Gasteiger partial charge < -0.3 is 4.74 Å². The number of benzene rings is 2. The molecule has 0 amide bonds. The van der Waals surface area contributed by atoms with Gasteiger partial charge >= 0.3 is 0 Å². The minimum atomic E-state index is 0.853. The summed E-state index contributed by atoms with van der Waals surface area (Å²) in [6.45, 7) is 3.12. The van der Waals surface area contributed by atoms with Gasteiger partial charge in [-0.3, -0.25) is 0 Å². The molecule has 0 unspecified atom stereocenters. The van der Waals surface area contributed by atoms with Crippen LogP contribution in [0.2, 0.25) is 0 Å². The predicted octanol–water partition coefficient (Wildman–Crippen LogP) is 6.58. The first-order chi connectivity index (χ1) is 11.9. The van der Waals surface area contributed by atoms with E-state index in [-0.39, 0.29) is 0 Å². The Morgan fingerprint density at radius 3 is 2.38 bits per heavy atom. The Balaban J connectivity index is 1.53. The van der Waals surface area contributed by atoms with Crippen molar-refractivity contribution in [2.45, 2.75) is 64.7 Å². The topological polar surface area (TPSA) is 9.23 Å². The molecule has 0 atom stereocenters. The molecule has 0 N–H and O–H groups in total. The van der Waals surface area contributed by atoms with Gasteiger partial charge in [-0.05, 0) is 42.0 Å². The second-order valence-corrected chi connectivity index (χ2v) is 6.91. The van der Waals surface area contributed by atoms with Gasteiger partial charge in [0.15, 0.2) is 0 Å². The summed E-state index contributed by atoms with van der Waals surface area (Å²) in [5.74, 6) is 1.10. The second-order valence-electron chi connectivity index (χ2n) is 6.91. The molecule has 0 radical (unpaired) electrons. The lowest BCUT2D eigenvalue weighted by Gasteiger charge is -2.22. The third-order valence-corrected chi connectivity index (χ3v) is 5.09. The van der Waals surface area contributed by atoms with Gasteiger partial charge in [0.05, 0.1) is 6.61 Å². The van der Waals surface area contributed by atoms with Crippen LogP contribution in [-0.2, 0) is 12.8 Å². The molecular weight excluding hydrogens is 292 g/mol. The minimum Gasteiger partial charge on any atom is -0.493 e. The van der Waals surface area contributed by atoms with Crippen LogP contribution in [0.15, 0.2) is 42.5 Å². The molecule has 1 aliphatic carbocycles. The lowest BCUT2D eigenvalue weighted by atomic mass is 9.85. The van der Waals surface area contributed by atoms with Crippen molar-refractivity contribution in [3.8, 4) is 16.9 Å². The van der Waals surface area contributed by atoms with Crippen LogP contribution in [0.3, 0.4) is 0 Å². The molecule has 2 aromatic rings. The molecule has 1 aliphatic rings. The highest BCUT2D eigenvalue weighted by molar-refractivity contribution is 5.75. The maximum atomic E-state index is 6.15. The van der Waals surface area contributed by atoms with Gasteiger partial charge in [0.25, 0.3) is 0 Å². The van der Waals surface area contributed by atoms with E-state index < -0.39 is 0 Å². The summed E-state index contributed by atoms with van der Waals surface area (Å²) in [4.78, 5) is 0. The van der Waals surface area contributed by atoms with Crippen molar-refractivity contribution in [3.63, 3.8) is 0 Å². The summed E-state index contributed by atoms with van der Waals surface area (Å²) in [6, 6.07) is 15.3. The van der Waals surface area contributed by atoms with Gasteiger partial charge in [-0.2, -0.15) is 0 Å². The SMILES string of the molecule is CCCCCCCCCOc1cccc2c1CCc1ccccc1-2. The fraction of sp³-hybridized carbons (Fsp3) is 0.478. The first-order valence-corrected chi connectivity index (χ1v) is 9.73. The minimum absolute atomic E-state index is 0.853. The third-order valence-electron chi connectivity index (χ3n) is 5.09. The van der Waals surface area contributed by atoms with Crippen LogP contribution in [0.4, 0.5) is 0 Å². The molecule has 0 spiro atoms. The number of fused-ring (bicyclic) bond motifs is 3. The molecule has 0 fully saturated rings. The Bertz CT molecular complexity index is 644. The van der Waals surface area contributed by atoms with E-state index in [0.29, 0.717) is 0 Å². The van der Waals surface area contributed by atoms with E-state index in [1.807, 2.05) is 0 Å². The summed E-state index contributed by atoms with van der Waals surface area (Å²) < 4.78 is 6.15. The molecule has 0 aliphatic heterocycles. The van der Waals surface area contributed by atoms with Crippen LogP contribution in [0, 0.1) is 0 Å². The van der Waals surface area contributed by atoms with Crippen LogP contribution in [0.1, 0.15) is 63.0 Å². The van der Waals surface area contributed by atoms with Crippen LogP contribution >= 0.6 is 0 Å². The first kappa shape index (κ1) is 17.1. The zero-order valence-electron chi connectivity index (χ0n) is 15.0. The summed E-state index contributed by atoms with van der Waals surface area (Å²) >= 11 is 0. The molecule has 0 saturated heterocycles. The van der Waals surface area contributed by atoms with Crippen molar-refractivity contribution >= 4 is 0 Å². The van der Waals surface area contributed by atoms with Crippen LogP contribution in [0.25, 0.3) is 11.1 Å². The molecule has 2 aromatic carbocycles. The van der Waals surface area contributed by atoms with Gasteiger partial charge in [-0.1, -0.05) is 81.8 Å². The summed E-state index contributed by atoms with van der Waals surface area (Å²) in [6.07, 6.45) is 11.5. The largest absolute Gasteiger partial charge is 0.493 e. The summed E-state index contributed by atoms with van der Waals surface area (Å²) in [5.41, 5.74) is 5.63. The lowest BCUT2D eigenvalue weighted by molar-refractivity contribution is 0.301. The average Bonchev–Trinajstić information content (AvgIpc) is 2.64. The molecule has 0 saturated carbocycles. The number of ether oxygens (including phenoxy) is 1. The van der Waals surface area contributed by atoms with Gasteiger partial charge in [0.2, 0.25) is 0 Å². The Labute approximate surface area is 147 Å². The van der Waals surface area contributed by atoms with E-state index in [2.05, 4.69) is 49.4 Å². The van der Waals surface area contributed by atoms with E-state index in [1.165, 1.54) is 67.2 Å². The van der Waals surface area contributed by atoms with E-state index in [9.17, 15) is 0 Å². The molecule has 24 heavy (non-hydrogen) atoms. The summed E-state index contributed by atoms with van der Waals surface area (Å²) in [5, 5.41) is 0. The van der Waals surface area contributed by atoms with Gasteiger partial charge in [-0.15, -0.1) is 0 Å². The van der Waals surface area contributed by atoms with Crippen LogP contribution in [-0.4, -0.2) is 6.61 Å². The molecule has 0 bridgehead atoms. The van der Waals surface area contributed by atoms with E-state index >= 15 is 0 Å². The Kier molecular flexibility index (Phi) is 6.34. The van der Waals surface area contributed by atoms with Crippen molar-refractivity contribution in [2.24, 2.45) is 0 Å². The van der Waals surface area contributed by atoms with Crippen LogP contribution in [0.5, 0.6) is 5.75 Å². The normalized spacial score (nSPS) is 12.5. The lowest BCUT2D eigenvalue weighted by Crippen LogP contribution is -2.07. The van der Waals surface area contributed by atoms with Crippen LogP contribution < -0.4 is 4.74 Å². The maximum Gasteiger partial charge on any atom is 0.123 e. The molecule has 128 valence electrons. The Morgan fingerprint density at radius 2 is 1.50 bits per heavy atom. The molecule has 1 nitrogen and oxygen atoms in total. The van der Waals surface area contributed by atoms with Crippen molar-refractivity contribution in [1.82, 2.24) is 0 Å². The fourth-order valence-electron chi connectivity index (χ4n) is 3.71. The zero-order chi connectivity index (χ0) is 16.6. The smallest absolute Gasteiger partial charge is 0.123 e. The highest BCUT2D eigenvalue weighted by Crippen LogP contribution is 2.37. The van der Waals surface area contributed by atoms with Crippen molar-refractivity contribution in [2.75, 3.05) is 6.61 Å². The molecule has 0 aromatic heterocycles. The van der Waals surface area contributed by atoms with Gasteiger partial charge in [-0.25, -0.2) is 0 Å². The molecule has 3 rings (SSSR count). The van der Waals surface area contributed by atoms with Crippen molar-refractivity contribution in [3.05, 3.63) is 53.6 Å². The Morgan fingerprint density at radius 1 is 0.750 bits per heavy atom. The monoisotopic (exact) mass is 322 g/mol. The number of rotatable bonds is 9. The Hall–Kier alpha value is -1.76. The standard InChI is InChI=1S/C23H30O/c1-2-3-4-5-6-7-10-18-24-23-15-11-14-21-20-13-9-8-12-19(20)16-17-22(21)23/h8-9,11-15H,2-7,10,16-18H2,1H3. The number of hydrogen-bond donors (Lipinski definition) is 0. The zero-order valence-corrected chi connectivity index (χ0v) is 15.0. The highest BCUT2D eigenvalue weighted by atomic mass is 16.5. The molecule has 1 heteroatoms. The first-order valence-electron chi connectivity index (χ1n) is 9.73. The number of hydrogen-bond acceptors (Lipinski definition) is 1. The number of aryl methyl sites for hydroxylation is 1. The third kappa shape index (κ3) is 4.20. The summed E-state index contributed by atoms with van der Waals surface area (Å²) in [7, 11) is 0. The van der Waals surface area contributed by atoms with Crippen molar-refractivity contribution < 1.29 is 4.74 Å². The number of unbranched alkanes of at least 4 members (excludes halogenated alkanes) is 6. The fourth-order valence-corrected chi connectivity index (χ4v) is 3.71. The van der Waals surface area contributed by atoms with Crippen molar-refractivity contribution in [1.29, 1.82) is 0 Å². The molecule has 0 heterocycles. The van der Waals surface area contributed by atoms with Gasteiger partial charge in [0.1, 0.15) is 5.75 Å². The quantitative estimate of drug-likeness (QED) is 0.474. The maximum absolute atomic E-state index is 6.15.